The number of aliphatic carboxylic acids is 1. The molecule has 0 fully saturated rings. The molecule has 0 saturated heterocycles. The summed E-state index contributed by atoms with van der Waals surface area (Å²) in [6, 6.07) is 3.92. The van der Waals surface area contributed by atoms with Gasteiger partial charge in [-0.1, -0.05) is 20.3 Å². The van der Waals surface area contributed by atoms with Crippen molar-refractivity contribution in [1.82, 2.24) is 36.5 Å². The number of hydrazone groups is 1. The van der Waals surface area contributed by atoms with Gasteiger partial charge in [0.1, 0.15) is 35.9 Å². The molecule has 2 heterocycles. The van der Waals surface area contributed by atoms with Crippen LogP contribution in [0.5, 0.6) is 0 Å². The molecule has 1 aromatic carbocycles. The number of nitrogens with zero attached hydrogens (tertiary/aromatic N) is 4. The number of hydrogen-bond donors (Lipinski definition) is 9. The number of nitrogens with one attached hydrogen (secondary N) is 7. The molecule has 7 amide bonds. The lowest BCUT2D eigenvalue weighted by atomic mass is 9.99. The molecule has 22 nitrogen and oxygen atoms in total. The summed E-state index contributed by atoms with van der Waals surface area (Å²) in [4.78, 5) is 125. The van der Waals surface area contributed by atoms with Crippen LogP contribution >= 0.6 is 0 Å². The van der Waals surface area contributed by atoms with Gasteiger partial charge >= 0.3 is 5.97 Å². The third-order valence-electron chi connectivity index (χ3n) is 9.53. The fourth-order valence-corrected chi connectivity index (χ4v) is 6.26. The van der Waals surface area contributed by atoms with Crippen molar-refractivity contribution in [2.24, 2.45) is 21.7 Å². The van der Waals surface area contributed by atoms with Gasteiger partial charge in [-0.15, -0.1) is 0 Å². The first-order valence-corrected chi connectivity index (χ1v) is 20.3. The van der Waals surface area contributed by atoms with Crippen molar-refractivity contribution in [3.8, 4) is 0 Å². The zero-order chi connectivity index (χ0) is 46.5. The lowest BCUT2D eigenvalue weighted by Gasteiger charge is -2.32. The molecule has 340 valence electrons. The van der Waals surface area contributed by atoms with E-state index in [1.54, 1.807) is 19.9 Å². The number of fused-ring (bicyclic) bond motifs is 2. The molecule has 2 aromatic rings. The number of ketones is 1. The maximum atomic E-state index is 14.0. The van der Waals surface area contributed by atoms with Crippen LogP contribution in [0.2, 0.25) is 0 Å². The fraction of sp³-hybridized carbons (Fsp3) is 0.463. The summed E-state index contributed by atoms with van der Waals surface area (Å²) in [6.45, 7) is 4.54. The van der Waals surface area contributed by atoms with Gasteiger partial charge in [0.05, 0.1) is 18.4 Å². The maximum Gasteiger partial charge on any atom is 0.348 e. The van der Waals surface area contributed by atoms with Crippen LogP contribution in [0.15, 0.2) is 46.6 Å². The Kier molecular flexibility index (Phi) is 20.3. The third-order valence-corrected chi connectivity index (χ3v) is 9.53. The van der Waals surface area contributed by atoms with Crippen LogP contribution in [0.4, 0.5) is 11.5 Å². The Hall–Kier alpha value is -7.26. The van der Waals surface area contributed by atoms with Crippen LogP contribution in [-0.4, -0.2) is 125 Å². The number of amides is 7. The molecule has 22 heteroatoms. The second-order valence-corrected chi connectivity index (χ2v) is 15.0. The number of aromatic nitrogens is 1. The third kappa shape index (κ3) is 17.3. The SMILES string of the molecule is CC(=O)C[C@@H]1NC(=O)CNC(=O)[C@H](CCCN=CN)N(C)C(=O)C(C(C)C)NC(=O)c2cc(cc(NC(=O)CCCCCNC(=O)c3ccc(N/N=C\C(=O)O)nc3)c2)CNC1=O. The Morgan fingerprint density at radius 1 is 0.984 bits per heavy atom. The number of rotatable bonds is 18. The molecule has 63 heavy (non-hydrogen) atoms. The van der Waals surface area contributed by atoms with Crippen molar-refractivity contribution in [2.75, 3.05) is 37.4 Å². The zero-order valence-corrected chi connectivity index (χ0v) is 35.7. The van der Waals surface area contributed by atoms with Gasteiger partial charge in [-0.05, 0) is 74.4 Å². The summed E-state index contributed by atoms with van der Waals surface area (Å²) in [5, 5.41) is 28.1. The number of benzene rings is 1. The Labute approximate surface area is 364 Å². The second-order valence-electron chi connectivity index (χ2n) is 15.0. The Bertz CT molecular complexity index is 2040. The van der Waals surface area contributed by atoms with Crippen LogP contribution in [0.25, 0.3) is 0 Å². The highest BCUT2D eigenvalue weighted by atomic mass is 16.4. The van der Waals surface area contributed by atoms with E-state index < -0.39 is 71.9 Å². The van der Waals surface area contributed by atoms with Gasteiger partial charge in [0, 0.05) is 57.0 Å². The predicted octanol–water partition coefficient (Wildman–Crippen LogP) is 0.0513. The van der Waals surface area contributed by atoms with Crippen molar-refractivity contribution in [3.05, 3.63) is 53.2 Å². The number of carbonyl (C=O) groups excluding carboxylic acids is 8. The van der Waals surface area contributed by atoms with E-state index in [-0.39, 0.29) is 66.8 Å². The van der Waals surface area contributed by atoms with Gasteiger partial charge in [0.25, 0.3) is 11.8 Å². The monoisotopic (exact) mass is 876 g/mol. The number of hydrogen-bond acceptors (Lipinski definition) is 13. The number of nitrogens with two attached hydrogens (primary N) is 1. The van der Waals surface area contributed by atoms with Crippen LogP contribution < -0.4 is 43.1 Å². The quantitative estimate of drug-likeness (QED) is 0.0414. The summed E-state index contributed by atoms with van der Waals surface area (Å²) in [7, 11) is 1.42. The number of likely N-dealkylation sites (N-methyl/N-ethyl adjacent to an activating group) is 1. The lowest BCUT2D eigenvalue weighted by molar-refractivity contribution is -0.141. The largest absolute Gasteiger partial charge is 0.477 e. The molecule has 1 aromatic heterocycles. The van der Waals surface area contributed by atoms with Crippen LogP contribution in [0.1, 0.15) is 92.0 Å². The minimum atomic E-state index is -1.30. The molecule has 0 aliphatic carbocycles. The highest BCUT2D eigenvalue weighted by Gasteiger charge is 2.34. The Morgan fingerprint density at radius 3 is 2.40 bits per heavy atom. The van der Waals surface area contributed by atoms with Crippen LogP contribution in [0.3, 0.4) is 0 Å². The number of anilines is 2. The number of unbranched alkanes of at least 4 members (excludes halogenated alkanes) is 2. The van der Waals surface area contributed by atoms with Crippen molar-refractivity contribution in [1.29, 1.82) is 0 Å². The number of Topliss-reactive ketones (excluding diaryl/α,β-unsaturated/α-hetero) is 1. The molecule has 3 atom stereocenters. The molecule has 2 bridgehead atoms. The van der Waals surface area contributed by atoms with Gasteiger partial charge in [0.15, 0.2) is 0 Å². The first kappa shape index (κ1) is 50.1. The Morgan fingerprint density at radius 2 is 1.73 bits per heavy atom. The highest BCUT2D eigenvalue weighted by molar-refractivity contribution is 6.22. The first-order valence-electron chi connectivity index (χ1n) is 20.3. The maximum absolute atomic E-state index is 14.0. The molecule has 1 aliphatic rings. The van der Waals surface area contributed by atoms with E-state index in [1.165, 1.54) is 49.3 Å². The summed E-state index contributed by atoms with van der Waals surface area (Å²) in [5.41, 5.74) is 8.71. The van der Waals surface area contributed by atoms with E-state index in [0.717, 1.165) is 6.34 Å². The number of carboxylic acids is 1. The summed E-state index contributed by atoms with van der Waals surface area (Å²) in [5.74, 6) is -5.95. The first-order chi connectivity index (χ1) is 30.0. The predicted molar refractivity (Wildman–Crippen MR) is 231 cm³/mol. The number of pyridine rings is 1. The lowest BCUT2D eigenvalue weighted by Crippen LogP contribution is -2.57. The summed E-state index contributed by atoms with van der Waals surface area (Å²) in [6.07, 6.45) is 4.90. The van der Waals surface area contributed by atoms with Crippen LogP contribution in [-0.2, 0) is 40.1 Å². The van der Waals surface area contributed by atoms with E-state index in [4.69, 9.17) is 10.8 Å². The van der Waals surface area contributed by atoms with Gasteiger partial charge in [-0.3, -0.25) is 48.8 Å². The minimum Gasteiger partial charge on any atom is -0.477 e. The van der Waals surface area contributed by atoms with Crippen molar-refractivity contribution in [2.45, 2.75) is 90.4 Å². The normalized spacial score (nSPS) is 17.9. The molecule has 10 N–H and O–H groups in total. The summed E-state index contributed by atoms with van der Waals surface area (Å²) < 4.78 is 0. The minimum absolute atomic E-state index is 0.0466. The molecule has 0 radical (unpaired) electrons. The smallest absolute Gasteiger partial charge is 0.348 e. The average Bonchev–Trinajstić information content (AvgIpc) is 3.23. The second kappa shape index (κ2) is 25.5. The zero-order valence-electron chi connectivity index (χ0n) is 35.7. The van der Waals surface area contributed by atoms with Crippen molar-refractivity contribution < 1.29 is 48.3 Å². The molecule has 1 aliphatic heterocycles. The molecular formula is C41H56N12O10. The van der Waals surface area contributed by atoms with E-state index in [1.807, 2.05) is 0 Å². The van der Waals surface area contributed by atoms with Gasteiger partial charge in [-0.25, -0.2) is 9.78 Å². The van der Waals surface area contributed by atoms with E-state index >= 15 is 0 Å². The van der Waals surface area contributed by atoms with Gasteiger partial charge < -0.3 is 47.6 Å². The van der Waals surface area contributed by atoms with E-state index in [0.29, 0.717) is 44.0 Å². The standard InChI is InChI=1S/C41H56N12O10/c1-24(2)36-41(63)53(4)31(9-8-13-43-23-42)40(62)47-21-34(56)50-30(15-25(3)54)39(61)46-19-26-16-28(38(60)51-36)18-29(17-26)49-33(55)10-6-5-7-14-44-37(59)27-11-12-32(45-20-27)52-48-22-35(57)58/h11-12,16-18,20,22-24,30-31,36H,5-10,13-15,19,21H2,1-4H3,(H2,42,43)(H,44,59)(H,45,52)(H,46,61)(H,47,62)(H,49,55)(H,50,56)(H,51,60)(H,57,58)/b48-22-/t30-,31-,36?/m0/s1. The number of carbonyl (C=O) groups is 9. The van der Waals surface area contributed by atoms with Gasteiger partial charge in [0.2, 0.25) is 29.5 Å². The molecule has 0 spiro atoms. The molecule has 0 saturated carbocycles. The number of aliphatic imine (C=N–C) groups is 1. The Balaban J connectivity index is 1.76. The van der Waals surface area contributed by atoms with Crippen molar-refractivity contribution in [3.63, 3.8) is 0 Å². The topological polar surface area (TPSA) is 325 Å². The molecular weight excluding hydrogens is 821 g/mol. The molecule has 1 unspecified atom stereocenters. The number of carboxylic acid groups (broad SMARTS) is 1. The van der Waals surface area contributed by atoms with Gasteiger partial charge in [-0.2, -0.15) is 5.10 Å². The van der Waals surface area contributed by atoms with E-state index in [9.17, 15) is 43.2 Å². The van der Waals surface area contributed by atoms with E-state index in [2.05, 4.69) is 52.4 Å². The van der Waals surface area contributed by atoms with Crippen LogP contribution in [0, 0.1) is 5.92 Å². The average molecular weight is 877 g/mol. The molecule has 3 rings (SSSR count). The fourth-order valence-electron chi connectivity index (χ4n) is 6.26. The highest BCUT2D eigenvalue weighted by Crippen LogP contribution is 2.19. The van der Waals surface area contributed by atoms with Crippen molar-refractivity contribution >= 4 is 77.2 Å². The summed E-state index contributed by atoms with van der Waals surface area (Å²) >= 11 is 0.